The van der Waals surface area contributed by atoms with Gasteiger partial charge in [-0.3, -0.25) is 9.62 Å². The van der Waals surface area contributed by atoms with Crippen molar-refractivity contribution in [3.63, 3.8) is 0 Å². The van der Waals surface area contributed by atoms with E-state index in [4.69, 9.17) is 0 Å². The standard InChI is InChI=1S/C13H19FN4O2S/c1-10(2)21(19,20)17-13-15-8-18(9-16-13)7-11-5-3-4-6-12(11)14/h3-6,10H,7-9H2,1-2H3,(H2,15,16,17). The number of nitrogens with zero attached hydrogens (tertiary/aromatic N) is 2. The van der Waals surface area contributed by atoms with Gasteiger partial charge in [-0.15, -0.1) is 0 Å². The van der Waals surface area contributed by atoms with E-state index in [9.17, 15) is 12.8 Å². The average molecular weight is 314 g/mol. The van der Waals surface area contributed by atoms with Crippen LogP contribution in [0.5, 0.6) is 0 Å². The van der Waals surface area contributed by atoms with Gasteiger partial charge in [-0.25, -0.2) is 17.8 Å². The summed E-state index contributed by atoms with van der Waals surface area (Å²) in [5.74, 6) is -0.0266. The molecule has 0 aliphatic carbocycles. The average Bonchev–Trinajstić information content (AvgIpc) is 2.43. The van der Waals surface area contributed by atoms with Gasteiger partial charge in [0.1, 0.15) is 5.82 Å². The first-order valence-electron chi connectivity index (χ1n) is 6.64. The van der Waals surface area contributed by atoms with Crippen LogP contribution in [0.4, 0.5) is 4.39 Å². The Morgan fingerprint density at radius 1 is 1.43 bits per heavy atom. The van der Waals surface area contributed by atoms with Crippen LogP contribution in [0.3, 0.4) is 0 Å². The van der Waals surface area contributed by atoms with Gasteiger partial charge >= 0.3 is 0 Å². The minimum absolute atomic E-state index is 0.230. The van der Waals surface area contributed by atoms with Gasteiger partial charge in [0, 0.05) is 12.1 Å². The summed E-state index contributed by atoms with van der Waals surface area (Å²) in [4.78, 5) is 5.99. The van der Waals surface area contributed by atoms with Crippen LogP contribution >= 0.6 is 0 Å². The van der Waals surface area contributed by atoms with E-state index in [0.717, 1.165) is 0 Å². The summed E-state index contributed by atoms with van der Waals surface area (Å²) in [6.45, 7) is 4.30. The Bertz CT molecular complexity index is 631. The number of hydrogen-bond donors (Lipinski definition) is 2. The molecule has 1 aliphatic heterocycles. The van der Waals surface area contributed by atoms with Crippen molar-refractivity contribution < 1.29 is 12.8 Å². The topological polar surface area (TPSA) is 73.8 Å². The third-order valence-electron chi connectivity index (χ3n) is 3.11. The zero-order valence-electron chi connectivity index (χ0n) is 12.0. The molecular formula is C13H19FN4O2S. The van der Waals surface area contributed by atoms with Crippen molar-refractivity contribution in [3.8, 4) is 0 Å². The van der Waals surface area contributed by atoms with Crippen molar-refractivity contribution in [1.82, 2.24) is 14.9 Å². The molecule has 0 fully saturated rings. The van der Waals surface area contributed by atoms with Crippen molar-refractivity contribution in [2.75, 3.05) is 13.3 Å². The van der Waals surface area contributed by atoms with E-state index >= 15 is 0 Å². The predicted octanol–water partition coefficient (Wildman–Crippen LogP) is 0.830. The first kappa shape index (κ1) is 15.7. The minimum Gasteiger partial charge on any atom is -0.343 e. The summed E-state index contributed by atoms with van der Waals surface area (Å²) < 4.78 is 39.4. The van der Waals surface area contributed by atoms with Crippen LogP contribution in [0.1, 0.15) is 19.4 Å². The fourth-order valence-electron chi connectivity index (χ4n) is 1.76. The molecule has 1 heterocycles. The molecule has 0 saturated carbocycles. The third-order valence-corrected chi connectivity index (χ3v) is 4.83. The molecule has 21 heavy (non-hydrogen) atoms. The Morgan fingerprint density at radius 3 is 2.71 bits per heavy atom. The molecule has 1 aromatic rings. The summed E-state index contributed by atoms with van der Waals surface area (Å²) in [6.07, 6.45) is 0. The van der Waals surface area contributed by atoms with E-state index in [1.165, 1.54) is 6.07 Å². The molecule has 116 valence electrons. The molecule has 0 atom stereocenters. The van der Waals surface area contributed by atoms with Gasteiger partial charge < -0.3 is 5.32 Å². The number of hydrogen-bond acceptors (Lipinski definition) is 5. The lowest BCUT2D eigenvalue weighted by atomic mass is 10.2. The molecule has 8 heteroatoms. The Labute approximate surface area is 124 Å². The number of nitrogens with one attached hydrogen (secondary N) is 2. The van der Waals surface area contributed by atoms with Crippen LogP contribution in [-0.4, -0.2) is 37.9 Å². The number of guanidine groups is 1. The van der Waals surface area contributed by atoms with E-state index in [0.29, 0.717) is 25.4 Å². The molecule has 0 bridgehead atoms. The summed E-state index contributed by atoms with van der Waals surface area (Å²) in [5.41, 5.74) is 0.584. The quantitative estimate of drug-likeness (QED) is 0.863. The van der Waals surface area contributed by atoms with Gasteiger partial charge in [0.05, 0.1) is 18.6 Å². The second kappa shape index (κ2) is 6.40. The lowest BCUT2D eigenvalue weighted by Crippen LogP contribution is -2.51. The second-order valence-electron chi connectivity index (χ2n) is 5.10. The molecular weight excluding hydrogens is 295 g/mol. The van der Waals surface area contributed by atoms with Crippen molar-refractivity contribution in [2.45, 2.75) is 25.6 Å². The van der Waals surface area contributed by atoms with Crippen LogP contribution < -0.4 is 10.0 Å². The number of sulfonamides is 1. The molecule has 6 nitrogen and oxygen atoms in total. The molecule has 1 aliphatic rings. The first-order chi connectivity index (χ1) is 9.88. The molecule has 1 aromatic carbocycles. The summed E-state index contributed by atoms with van der Waals surface area (Å²) in [7, 11) is -3.40. The maximum atomic E-state index is 13.6. The van der Waals surface area contributed by atoms with Gasteiger partial charge in [-0.2, -0.15) is 0 Å². The maximum absolute atomic E-state index is 13.6. The number of benzene rings is 1. The van der Waals surface area contributed by atoms with E-state index in [-0.39, 0.29) is 11.8 Å². The minimum atomic E-state index is -3.40. The monoisotopic (exact) mass is 314 g/mol. The molecule has 0 spiro atoms. The zero-order valence-corrected chi connectivity index (χ0v) is 12.8. The van der Waals surface area contributed by atoms with Crippen LogP contribution in [0.25, 0.3) is 0 Å². The van der Waals surface area contributed by atoms with E-state index in [1.807, 2.05) is 4.90 Å². The van der Waals surface area contributed by atoms with Gasteiger partial charge in [0.15, 0.2) is 0 Å². The highest BCUT2D eigenvalue weighted by atomic mass is 32.2. The highest BCUT2D eigenvalue weighted by molar-refractivity contribution is 7.90. The molecule has 0 amide bonds. The Hall–Kier alpha value is -1.67. The fraction of sp³-hybridized carbons (Fsp3) is 0.462. The zero-order chi connectivity index (χ0) is 15.5. The Kier molecular flexibility index (Phi) is 4.79. The molecule has 0 radical (unpaired) electrons. The summed E-state index contributed by atoms with van der Waals surface area (Å²) >= 11 is 0. The van der Waals surface area contributed by atoms with Crippen molar-refractivity contribution in [3.05, 3.63) is 35.6 Å². The first-order valence-corrected chi connectivity index (χ1v) is 8.19. The highest BCUT2D eigenvalue weighted by Gasteiger charge is 2.20. The van der Waals surface area contributed by atoms with Crippen LogP contribution in [-0.2, 0) is 16.6 Å². The Balaban J connectivity index is 1.95. The molecule has 0 unspecified atom stereocenters. The fourth-order valence-corrected chi connectivity index (χ4v) is 2.40. The van der Waals surface area contributed by atoms with Gasteiger partial charge in [0.25, 0.3) is 0 Å². The van der Waals surface area contributed by atoms with Crippen molar-refractivity contribution >= 4 is 16.0 Å². The van der Waals surface area contributed by atoms with Crippen LogP contribution in [0.15, 0.2) is 29.3 Å². The molecule has 2 N–H and O–H groups in total. The van der Waals surface area contributed by atoms with E-state index < -0.39 is 15.3 Å². The SMILES string of the molecule is CC(C)S(=O)(=O)NC1=NCN(Cc2ccccc2F)CN1. The lowest BCUT2D eigenvalue weighted by molar-refractivity contribution is 0.252. The largest absolute Gasteiger partial charge is 0.343 e. The van der Waals surface area contributed by atoms with Crippen LogP contribution in [0.2, 0.25) is 0 Å². The second-order valence-corrected chi connectivity index (χ2v) is 7.34. The highest BCUT2D eigenvalue weighted by Crippen LogP contribution is 2.10. The summed E-state index contributed by atoms with van der Waals surface area (Å²) in [5, 5.41) is 2.35. The van der Waals surface area contributed by atoms with E-state index in [2.05, 4.69) is 15.0 Å². The van der Waals surface area contributed by atoms with Crippen LogP contribution in [0, 0.1) is 5.82 Å². The lowest BCUT2D eigenvalue weighted by Gasteiger charge is -2.27. The van der Waals surface area contributed by atoms with Gasteiger partial charge in [-0.1, -0.05) is 18.2 Å². The van der Waals surface area contributed by atoms with Crippen molar-refractivity contribution in [2.24, 2.45) is 4.99 Å². The number of aliphatic imine (C=N–C) groups is 1. The number of rotatable bonds is 4. The normalized spacial score (nSPS) is 16.5. The van der Waals surface area contributed by atoms with E-state index in [1.54, 1.807) is 32.0 Å². The Morgan fingerprint density at radius 2 is 2.14 bits per heavy atom. The number of halogens is 1. The molecule has 0 aromatic heterocycles. The molecule has 2 rings (SSSR count). The smallest absolute Gasteiger partial charge is 0.237 e. The molecule has 0 saturated heterocycles. The van der Waals surface area contributed by atoms with Gasteiger partial charge in [-0.05, 0) is 19.9 Å². The van der Waals surface area contributed by atoms with Gasteiger partial charge in [0.2, 0.25) is 16.0 Å². The van der Waals surface area contributed by atoms with Crippen molar-refractivity contribution in [1.29, 1.82) is 0 Å². The summed E-state index contributed by atoms with van der Waals surface area (Å²) in [6, 6.07) is 6.56. The predicted molar refractivity (Wildman–Crippen MR) is 79.4 cm³/mol. The maximum Gasteiger partial charge on any atom is 0.237 e. The third kappa shape index (κ3) is 4.15.